The third kappa shape index (κ3) is 3.25. The van der Waals surface area contributed by atoms with Crippen molar-refractivity contribution in [2.45, 2.75) is 24.4 Å². The molecular weight excluding hydrogens is 296 g/mol. The van der Waals surface area contributed by atoms with Gasteiger partial charge in [-0.1, -0.05) is 28.9 Å². The maximum Gasteiger partial charge on any atom is 0.0245 e. The second-order valence-corrected chi connectivity index (χ2v) is 6.56. The van der Waals surface area contributed by atoms with Crippen LogP contribution in [0.1, 0.15) is 12.5 Å². The van der Waals surface area contributed by atoms with Gasteiger partial charge < -0.3 is 5.73 Å². The first-order valence-corrected chi connectivity index (χ1v) is 7.92. The fourth-order valence-electron chi connectivity index (χ4n) is 2.31. The highest BCUT2D eigenvalue weighted by atomic mass is 79.9. The minimum absolute atomic E-state index is 0.336. The molecule has 1 saturated heterocycles. The molecule has 2 atom stereocenters. The van der Waals surface area contributed by atoms with Crippen molar-refractivity contribution in [3.8, 4) is 0 Å². The van der Waals surface area contributed by atoms with Gasteiger partial charge in [-0.05, 0) is 29.9 Å². The Kier molecular flexibility index (Phi) is 4.53. The van der Waals surface area contributed by atoms with E-state index in [0.717, 1.165) is 24.1 Å². The summed E-state index contributed by atoms with van der Waals surface area (Å²) in [5.41, 5.74) is 7.47. The summed E-state index contributed by atoms with van der Waals surface area (Å²) in [6, 6.07) is 6.86. The van der Waals surface area contributed by atoms with E-state index in [0.29, 0.717) is 12.0 Å². The van der Waals surface area contributed by atoms with E-state index in [1.807, 2.05) is 0 Å². The van der Waals surface area contributed by atoms with Gasteiger partial charge in [-0.3, -0.25) is 4.90 Å². The molecule has 0 aromatic heterocycles. The summed E-state index contributed by atoms with van der Waals surface area (Å²) >= 11 is 5.33. The van der Waals surface area contributed by atoms with Gasteiger partial charge in [0.2, 0.25) is 0 Å². The summed E-state index contributed by atoms with van der Waals surface area (Å²) in [5, 5.41) is 0. The van der Waals surface area contributed by atoms with Crippen LogP contribution in [0.4, 0.5) is 0 Å². The Morgan fingerprint density at radius 3 is 2.82 bits per heavy atom. The third-order valence-corrected chi connectivity index (χ3v) is 4.70. The van der Waals surface area contributed by atoms with Crippen LogP contribution >= 0.6 is 27.7 Å². The van der Waals surface area contributed by atoms with Gasteiger partial charge in [-0.2, -0.15) is 0 Å². The first-order chi connectivity index (χ1) is 8.10. The molecule has 2 rings (SSSR count). The van der Waals surface area contributed by atoms with Crippen LogP contribution in [0.2, 0.25) is 0 Å². The molecule has 1 aliphatic rings. The summed E-state index contributed by atoms with van der Waals surface area (Å²) in [4.78, 5) is 3.81. The number of rotatable bonds is 3. The van der Waals surface area contributed by atoms with E-state index in [1.54, 1.807) is 11.8 Å². The topological polar surface area (TPSA) is 29.3 Å². The van der Waals surface area contributed by atoms with Crippen LogP contribution in [0.25, 0.3) is 0 Å². The zero-order valence-electron chi connectivity index (χ0n) is 10.3. The van der Waals surface area contributed by atoms with Gasteiger partial charge in [0.1, 0.15) is 0 Å². The number of nitrogens with zero attached hydrogens (tertiary/aromatic N) is 1. The van der Waals surface area contributed by atoms with E-state index in [2.05, 4.69) is 52.2 Å². The molecule has 0 bridgehead atoms. The van der Waals surface area contributed by atoms with Crippen molar-refractivity contribution in [3.63, 3.8) is 0 Å². The Bertz CT molecular complexity index is 387. The Hall–Kier alpha value is -0.0300. The maximum absolute atomic E-state index is 6.06. The highest BCUT2D eigenvalue weighted by Crippen LogP contribution is 2.27. The normalized spacial score (nSPS) is 25.4. The number of nitrogens with two attached hydrogens (primary N) is 1. The zero-order chi connectivity index (χ0) is 12.4. The number of likely N-dealkylation sites (tertiary alicyclic amines) is 1. The van der Waals surface area contributed by atoms with Gasteiger partial charge in [0.05, 0.1) is 0 Å². The summed E-state index contributed by atoms with van der Waals surface area (Å²) in [6.07, 6.45) is 2.13. The van der Waals surface area contributed by atoms with Crippen molar-refractivity contribution < 1.29 is 0 Å². The molecule has 0 radical (unpaired) electrons. The van der Waals surface area contributed by atoms with Gasteiger partial charge in [0.25, 0.3) is 0 Å². The predicted octanol–water partition coefficient (Wildman–Crippen LogP) is 2.95. The SMILES string of the molecule is CSc1cc(Br)ccc1CN1CC(C)C(N)C1. The van der Waals surface area contributed by atoms with Crippen LogP contribution in [0.15, 0.2) is 27.6 Å². The number of thioether (sulfide) groups is 1. The quantitative estimate of drug-likeness (QED) is 0.870. The van der Waals surface area contributed by atoms with Gasteiger partial charge in [-0.25, -0.2) is 0 Å². The second kappa shape index (κ2) is 5.74. The molecule has 0 saturated carbocycles. The highest BCUT2D eigenvalue weighted by Gasteiger charge is 2.26. The molecule has 1 aromatic carbocycles. The van der Waals surface area contributed by atoms with Gasteiger partial charge >= 0.3 is 0 Å². The van der Waals surface area contributed by atoms with E-state index < -0.39 is 0 Å². The lowest BCUT2D eigenvalue weighted by Gasteiger charge is -2.17. The second-order valence-electron chi connectivity index (χ2n) is 4.79. The molecule has 17 heavy (non-hydrogen) atoms. The Morgan fingerprint density at radius 2 is 2.24 bits per heavy atom. The lowest BCUT2D eigenvalue weighted by atomic mass is 10.1. The summed E-state index contributed by atoms with van der Waals surface area (Å²) in [7, 11) is 0. The maximum atomic E-state index is 6.06. The molecule has 2 N–H and O–H groups in total. The summed E-state index contributed by atoms with van der Waals surface area (Å²) in [5.74, 6) is 0.614. The van der Waals surface area contributed by atoms with Crippen LogP contribution in [0.5, 0.6) is 0 Å². The summed E-state index contributed by atoms with van der Waals surface area (Å²) < 4.78 is 1.15. The molecule has 0 spiro atoms. The monoisotopic (exact) mass is 314 g/mol. The van der Waals surface area contributed by atoms with Crippen molar-refractivity contribution in [2.75, 3.05) is 19.3 Å². The first kappa shape index (κ1) is 13.4. The molecule has 1 aliphatic heterocycles. The molecular formula is C13H19BrN2S. The van der Waals surface area contributed by atoms with Crippen molar-refractivity contribution >= 4 is 27.7 Å². The Morgan fingerprint density at radius 1 is 1.47 bits per heavy atom. The van der Waals surface area contributed by atoms with E-state index >= 15 is 0 Å². The Labute approximate surface area is 116 Å². The minimum Gasteiger partial charge on any atom is -0.326 e. The van der Waals surface area contributed by atoms with Gasteiger partial charge in [-0.15, -0.1) is 11.8 Å². The zero-order valence-corrected chi connectivity index (χ0v) is 12.7. The van der Waals surface area contributed by atoms with E-state index in [9.17, 15) is 0 Å². The standard InChI is InChI=1S/C13H19BrN2S/c1-9-6-16(8-12(9)15)7-10-3-4-11(14)5-13(10)17-2/h3-5,9,12H,6-8,15H2,1-2H3. The van der Waals surface area contributed by atoms with E-state index in [-0.39, 0.29) is 0 Å². The molecule has 2 nitrogen and oxygen atoms in total. The van der Waals surface area contributed by atoms with Crippen molar-refractivity contribution in [1.29, 1.82) is 0 Å². The molecule has 94 valence electrons. The fourth-order valence-corrected chi connectivity index (χ4v) is 3.47. The van der Waals surface area contributed by atoms with E-state index in [1.165, 1.54) is 10.5 Å². The molecule has 4 heteroatoms. The number of hydrogen-bond acceptors (Lipinski definition) is 3. The largest absolute Gasteiger partial charge is 0.326 e. The smallest absolute Gasteiger partial charge is 0.0245 e. The highest BCUT2D eigenvalue weighted by molar-refractivity contribution is 9.10. The van der Waals surface area contributed by atoms with Gasteiger partial charge in [0, 0.05) is 35.0 Å². The predicted molar refractivity (Wildman–Crippen MR) is 78.3 cm³/mol. The number of halogens is 1. The van der Waals surface area contributed by atoms with Crippen LogP contribution < -0.4 is 5.73 Å². The third-order valence-electron chi connectivity index (χ3n) is 3.39. The van der Waals surface area contributed by atoms with Crippen molar-refractivity contribution in [1.82, 2.24) is 4.90 Å². The Balaban J connectivity index is 2.09. The number of hydrogen-bond donors (Lipinski definition) is 1. The van der Waals surface area contributed by atoms with Gasteiger partial charge in [0.15, 0.2) is 0 Å². The van der Waals surface area contributed by atoms with Crippen LogP contribution in [0.3, 0.4) is 0 Å². The van der Waals surface area contributed by atoms with E-state index in [4.69, 9.17) is 5.73 Å². The minimum atomic E-state index is 0.336. The molecule has 0 aliphatic carbocycles. The lowest BCUT2D eigenvalue weighted by molar-refractivity contribution is 0.316. The van der Waals surface area contributed by atoms with Crippen LogP contribution in [-0.2, 0) is 6.54 Å². The van der Waals surface area contributed by atoms with Crippen molar-refractivity contribution in [3.05, 3.63) is 28.2 Å². The lowest BCUT2D eigenvalue weighted by Crippen LogP contribution is -2.28. The molecule has 1 heterocycles. The fraction of sp³-hybridized carbons (Fsp3) is 0.538. The molecule has 2 unspecified atom stereocenters. The van der Waals surface area contributed by atoms with Crippen LogP contribution in [-0.4, -0.2) is 30.3 Å². The molecule has 1 fully saturated rings. The van der Waals surface area contributed by atoms with Crippen LogP contribution in [0, 0.1) is 5.92 Å². The number of benzene rings is 1. The van der Waals surface area contributed by atoms with Crippen molar-refractivity contribution in [2.24, 2.45) is 11.7 Å². The molecule has 1 aromatic rings. The first-order valence-electron chi connectivity index (χ1n) is 5.90. The summed E-state index contributed by atoms with van der Waals surface area (Å²) in [6.45, 7) is 5.39. The average Bonchev–Trinajstić information content (AvgIpc) is 2.60. The molecule has 0 amide bonds. The average molecular weight is 315 g/mol.